The fraction of sp³-hybridized carbons (Fsp3) is 0.250. The number of furan rings is 1. The summed E-state index contributed by atoms with van der Waals surface area (Å²) in [5.41, 5.74) is 1.99. The van der Waals surface area contributed by atoms with Crippen LogP contribution in [0.25, 0.3) is 11.0 Å². The van der Waals surface area contributed by atoms with Gasteiger partial charge < -0.3 is 24.7 Å². The highest BCUT2D eigenvalue weighted by Crippen LogP contribution is 2.29. The van der Waals surface area contributed by atoms with E-state index in [-0.39, 0.29) is 13.2 Å². The summed E-state index contributed by atoms with van der Waals surface area (Å²) >= 11 is 0. The van der Waals surface area contributed by atoms with Crippen LogP contribution in [0.5, 0.6) is 5.75 Å². The van der Waals surface area contributed by atoms with Gasteiger partial charge in [-0.2, -0.15) is 0 Å². The van der Waals surface area contributed by atoms with Crippen molar-refractivity contribution in [3.63, 3.8) is 0 Å². The van der Waals surface area contributed by atoms with Gasteiger partial charge in [-0.3, -0.25) is 4.79 Å². The highest BCUT2D eigenvalue weighted by Gasteiger charge is 2.21. The van der Waals surface area contributed by atoms with Gasteiger partial charge in [0.15, 0.2) is 0 Å². The molecular formula is C20H21NO5. The number of aryl methyl sites for hydroxylation is 1. The molecule has 2 aromatic carbocycles. The van der Waals surface area contributed by atoms with Crippen molar-refractivity contribution in [2.45, 2.75) is 19.6 Å². The number of fused-ring (bicyclic) bond motifs is 1. The maximum Gasteiger partial charge on any atom is 0.255 e. The molecular weight excluding hydrogens is 334 g/mol. The predicted molar refractivity (Wildman–Crippen MR) is 97.2 cm³/mol. The Hall–Kier alpha value is -2.83. The normalized spacial score (nSPS) is 11.1. The maximum atomic E-state index is 12.5. The zero-order valence-electron chi connectivity index (χ0n) is 14.4. The van der Waals surface area contributed by atoms with Crippen LogP contribution in [0.2, 0.25) is 0 Å². The van der Waals surface area contributed by atoms with Crippen molar-refractivity contribution in [2.24, 2.45) is 0 Å². The fourth-order valence-corrected chi connectivity index (χ4v) is 2.72. The quantitative estimate of drug-likeness (QED) is 0.605. The first kappa shape index (κ1) is 18.0. The topological polar surface area (TPSA) is 91.9 Å². The van der Waals surface area contributed by atoms with Gasteiger partial charge in [0.2, 0.25) is 0 Å². The van der Waals surface area contributed by atoms with Crippen LogP contribution >= 0.6 is 0 Å². The van der Waals surface area contributed by atoms with E-state index in [4.69, 9.17) is 19.4 Å². The summed E-state index contributed by atoms with van der Waals surface area (Å²) in [6.07, 6.45) is 0. The zero-order chi connectivity index (χ0) is 18.5. The number of aliphatic hydroxyl groups is 2. The molecule has 0 aliphatic rings. The molecule has 1 aromatic heterocycles. The molecule has 0 saturated carbocycles. The predicted octanol–water partition coefficient (Wildman–Crippen LogP) is 2.40. The molecule has 6 heteroatoms. The number of carbonyl (C=O) groups excluding carboxylic acids is 1. The van der Waals surface area contributed by atoms with Crippen molar-refractivity contribution in [1.29, 1.82) is 0 Å². The molecule has 1 amide bonds. The summed E-state index contributed by atoms with van der Waals surface area (Å²) in [7, 11) is 0. The minimum absolute atomic E-state index is 0.345. The SMILES string of the molecule is Cc1oc2ccc(OCc3ccccc3)cc2c1C(=O)NC(CO)CO. The van der Waals surface area contributed by atoms with Crippen molar-refractivity contribution >= 4 is 16.9 Å². The van der Waals surface area contributed by atoms with Crippen LogP contribution in [-0.4, -0.2) is 35.4 Å². The van der Waals surface area contributed by atoms with Gasteiger partial charge in [-0.1, -0.05) is 30.3 Å². The Morgan fingerprint density at radius 2 is 1.88 bits per heavy atom. The lowest BCUT2D eigenvalue weighted by Crippen LogP contribution is -2.40. The second-order valence-electron chi connectivity index (χ2n) is 6.00. The number of hydrogen-bond donors (Lipinski definition) is 3. The van der Waals surface area contributed by atoms with E-state index in [1.807, 2.05) is 30.3 Å². The van der Waals surface area contributed by atoms with Gasteiger partial charge in [0.05, 0.1) is 24.8 Å². The fourth-order valence-electron chi connectivity index (χ4n) is 2.72. The highest BCUT2D eigenvalue weighted by atomic mass is 16.5. The maximum absolute atomic E-state index is 12.5. The van der Waals surface area contributed by atoms with Crippen LogP contribution < -0.4 is 10.1 Å². The number of nitrogens with one attached hydrogen (secondary N) is 1. The van der Waals surface area contributed by atoms with Crippen LogP contribution in [0, 0.1) is 6.92 Å². The molecule has 3 rings (SSSR count). The van der Waals surface area contributed by atoms with Crippen LogP contribution in [0.3, 0.4) is 0 Å². The lowest BCUT2D eigenvalue weighted by atomic mass is 10.1. The largest absolute Gasteiger partial charge is 0.489 e. The van der Waals surface area contributed by atoms with E-state index in [0.29, 0.717) is 34.6 Å². The molecule has 0 spiro atoms. The van der Waals surface area contributed by atoms with E-state index >= 15 is 0 Å². The van der Waals surface area contributed by atoms with E-state index in [1.54, 1.807) is 25.1 Å². The van der Waals surface area contributed by atoms with Gasteiger partial charge in [0, 0.05) is 5.39 Å². The molecule has 1 heterocycles. The van der Waals surface area contributed by atoms with E-state index in [2.05, 4.69) is 5.32 Å². The zero-order valence-corrected chi connectivity index (χ0v) is 14.4. The van der Waals surface area contributed by atoms with E-state index < -0.39 is 11.9 Å². The van der Waals surface area contributed by atoms with Gasteiger partial charge in [-0.15, -0.1) is 0 Å². The molecule has 136 valence electrons. The number of rotatable bonds is 7. The number of aliphatic hydroxyl groups excluding tert-OH is 2. The molecule has 0 bridgehead atoms. The minimum atomic E-state index is -0.718. The Morgan fingerprint density at radius 1 is 1.15 bits per heavy atom. The molecule has 6 nitrogen and oxygen atoms in total. The summed E-state index contributed by atoms with van der Waals surface area (Å²) in [6, 6.07) is 14.4. The summed E-state index contributed by atoms with van der Waals surface area (Å²) in [5, 5.41) is 21.5. The van der Waals surface area contributed by atoms with Gasteiger partial charge in [0.1, 0.15) is 23.7 Å². The Labute approximate surface area is 151 Å². The average molecular weight is 355 g/mol. The van der Waals surface area contributed by atoms with Crippen molar-refractivity contribution in [3.8, 4) is 5.75 Å². The molecule has 0 fully saturated rings. The van der Waals surface area contributed by atoms with Crippen molar-refractivity contribution in [1.82, 2.24) is 5.32 Å². The van der Waals surface area contributed by atoms with Crippen LogP contribution in [0.4, 0.5) is 0 Å². The number of ether oxygens (including phenoxy) is 1. The lowest BCUT2D eigenvalue weighted by molar-refractivity contribution is 0.0879. The van der Waals surface area contributed by atoms with Gasteiger partial charge in [0.25, 0.3) is 5.91 Å². The summed E-state index contributed by atoms with van der Waals surface area (Å²) < 4.78 is 11.5. The third kappa shape index (κ3) is 3.87. The molecule has 3 N–H and O–H groups in total. The molecule has 0 radical (unpaired) electrons. The van der Waals surface area contributed by atoms with Crippen LogP contribution in [0.15, 0.2) is 52.9 Å². The van der Waals surface area contributed by atoms with E-state index in [1.165, 1.54) is 0 Å². The first-order valence-electron chi connectivity index (χ1n) is 8.35. The van der Waals surface area contributed by atoms with Crippen LogP contribution in [0.1, 0.15) is 21.7 Å². The van der Waals surface area contributed by atoms with Gasteiger partial charge in [-0.25, -0.2) is 0 Å². The first-order valence-corrected chi connectivity index (χ1v) is 8.35. The van der Waals surface area contributed by atoms with E-state index in [9.17, 15) is 4.79 Å². The molecule has 3 aromatic rings. The third-order valence-corrected chi connectivity index (χ3v) is 4.09. The smallest absolute Gasteiger partial charge is 0.255 e. The standard InChI is InChI=1S/C20H21NO5/c1-13-19(20(24)21-15(10-22)11-23)17-9-16(7-8-18(17)26-13)25-12-14-5-3-2-4-6-14/h2-9,15,22-23H,10-12H2,1H3,(H,21,24). The summed E-state index contributed by atoms with van der Waals surface area (Å²) in [6.45, 7) is 1.43. The Morgan fingerprint density at radius 3 is 2.58 bits per heavy atom. The Kier molecular flexibility index (Phi) is 5.55. The Bertz CT molecular complexity index is 884. The molecule has 0 aliphatic heterocycles. The second kappa shape index (κ2) is 8.03. The van der Waals surface area contributed by atoms with Gasteiger partial charge >= 0.3 is 0 Å². The number of benzene rings is 2. The van der Waals surface area contributed by atoms with Crippen molar-refractivity contribution < 1.29 is 24.2 Å². The molecule has 0 saturated heterocycles. The van der Waals surface area contributed by atoms with E-state index in [0.717, 1.165) is 5.56 Å². The van der Waals surface area contributed by atoms with Crippen molar-refractivity contribution in [3.05, 3.63) is 65.4 Å². The lowest BCUT2D eigenvalue weighted by Gasteiger charge is -2.13. The monoisotopic (exact) mass is 355 g/mol. The number of amides is 1. The first-order chi connectivity index (χ1) is 12.6. The Balaban J connectivity index is 1.84. The number of carbonyl (C=O) groups is 1. The minimum Gasteiger partial charge on any atom is -0.489 e. The number of hydrogen-bond acceptors (Lipinski definition) is 5. The summed E-state index contributed by atoms with van der Waals surface area (Å²) in [4.78, 5) is 12.5. The molecule has 0 aliphatic carbocycles. The van der Waals surface area contributed by atoms with Gasteiger partial charge in [-0.05, 0) is 30.7 Å². The van der Waals surface area contributed by atoms with Crippen molar-refractivity contribution in [2.75, 3.05) is 13.2 Å². The molecule has 0 atom stereocenters. The summed E-state index contributed by atoms with van der Waals surface area (Å²) in [5.74, 6) is 0.680. The highest BCUT2D eigenvalue weighted by molar-refractivity contribution is 6.07. The average Bonchev–Trinajstić information content (AvgIpc) is 3.00. The second-order valence-corrected chi connectivity index (χ2v) is 6.00. The van der Waals surface area contributed by atoms with Crippen LogP contribution in [-0.2, 0) is 6.61 Å². The molecule has 0 unspecified atom stereocenters. The third-order valence-electron chi connectivity index (χ3n) is 4.09. The molecule has 26 heavy (non-hydrogen) atoms.